The highest BCUT2D eigenvalue weighted by atomic mass is 16.5. The second kappa shape index (κ2) is 8.98. The summed E-state index contributed by atoms with van der Waals surface area (Å²) in [5.74, 6) is 1.92. The summed E-state index contributed by atoms with van der Waals surface area (Å²) in [6.07, 6.45) is 0.460. The predicted octanol–water partition coefficient (Wildman–Crippen LogP) is 4.57. The Hall–Kier alpha value is -3.80. The number of methoxy groups -OCH3 is 4. The molecule has 0 amide bonds. The third-order valence-electron chi connectivity index (χ3n) is 6.19. The smallest absolute Gasteiger partial charge is 0.178 e. The zero-order valence-corrected chi connectivity index (χ0v) is 19.1. The summed E-state index contributed by atoms with van der Waals surface area (Å²) < 4.78 is 21.6. The van der Waals surface area contributed by atoms with E-state index < -0.39 is 5.41 Å². The molecule has 0 spiro atoms. The molecule has 0 aliphatic heterocycles. The van der Waals surface area contributed by atoms with E-state index in [0.717, 1.165) is 11.1 Å². The molecule has 1 aliphatic rings. The van der Waals surface area contributed by atoms with Crippen LogP contribution in [-0.2, 0) is 12.8 Å². The number of hydrogen-bond acceptors (Lipinski definition) is 6. The molecule has 1 aliphatic carbocycles. The fourth-order valence-corrected chi connectivity index (χ4v) is 4.56. The topological polar surface area (TPSA) is 71.1 Å². The summed E-state index contributed by atoms with van der Waals surface area (Å²) in [6.45, 7) is 0. The van der Waals surface area contributed by atoms with Gasteiger partial charge in [0.1, 0.15) is 5.41 Å². The zero-order valence-electron chi connectivity index (χ0n) is 19.1. The summed E-state index contributed by atoms with van der Waals surface area (Å²) in [6, 6.07) is 17.9. The largest absolute Gasteiger partial charge is 0.493 e. The summed E-state index contributed by atoms with van der Waals surface area (Å²) in [5, 5.41) is 0. The van der Waals surface area contributed by atoms with Crippen LogP contribution in [-0.4, -0.2) is 40.0 Å². The third kappa shape index (κ3) is 3.82. The molecule has 170 valence electrons. The van der Waals surface area contributed by atoms with Gasteiger partial charge in [-0.2, -0.15) is 0 Å². The van der Waals surface area contributed by atoms with E-state index in [1.54, 1.807) is 64.8 Å². The van der Waals surface area contributed by atoms with Gasteiger partial charge in [0.2, 0.25) is 0 Å². The number of benzene rings is 3. The number of ether oxygens (including phenoxy) is 4. The molecule has 0 unspecified atom stereocenters. The Morgan fingerprint density at radius 2 is 0.970 bits per heavy atom. The van der Waals surface area contributed by atoms with Gasteiger partial charge in [0.15, 0.2) is 34.6 Å². The molecule has 0 saturated heterocycles. The van der Waals surface area contributed by atoms with Crippen LogP contribution in [0.25, 0.3) is 0 Å². The number of fused-ring (bicyclic) bond motifs is 1. The van der Waals surface area contributed by atoms with Crippen molar-refractivity contribution in [1.82, 2.24) is 0 Å². The van der Waals surface area contributed by atoms with E-state index in [2.05, 4.69) is 0 Å². The van der Waals surface area contributed by atoms with Crippen molar-refractivity contribution in [2.75, 3.05) is 28.4 Å². The molecule has 0 heterocycles. The molecule has 0 N–H and O–H groups in total. The average molecular weight is 446 g/mol. The molecule has 3 aromatic rings. The van der Waals surface area contributed by atoms with E-state index in [4.69, 9.17) is 18.9 Å². The van der Waals surface area contributed by atoms with Crippen molar-refractivity contribution in [3.05, 3.63) is 82.9 Å². The van der Waals surface area contributed by atoms with Crippen molar-refractivity contribution < 1.29 is 28.5 Å². The Kier molecular flexibility index (Phi) is 6.09. The summed E-state index contributed by atoms with van der Waals surface area (Å²) >= 11 is 0. The minimum atomic E-state index is -1.27. The lowest BCUT2D eigenvalue weighted by Crippen LogP contribution is -2.38. The highest BCUT2D eigenvalue weighted by Gasteiger charge is 2.52. The molecule has 6 nitrogen and oxygen atoms in total. The number of Topliss-reactive ketones (excluding diaryl/α,β-unsaturated/α-hetero) is 2. The fraction of sp³-hybridized carbons (Fsp3) is 0.259. The maximum Gasteiger partial charge on any atom is 0.178 e. The van der Waals surface area contributed by atoms with Gasteiger partial charge in [0.25, 0.3) is 0 Å². The highest BCUT2D eigenvalue weighted by Crippen LogP contribution is 2.44. The van der Waals surface area contributed by atoms with Crippen molar-refractivity contribution in [3.8, 4) is 23.0 Å². The molecular formula is C27H26O6. The van der Waals surface area contributed by atoms with Gasteiger partial charge in [0, 0.05) is 11.1 Å². The highest BCUT2D eigenvalue weighted by molar-refractivity contribution is 6.29. The van der Waals surface area contributed by atoms with Gasteiger partial charge in [-0.15, -0.1) is 0 Å². The monoisotopic (exact) mass is 446 g/mol. The molecule has 0 radical (unpaired) electrons. The van der Waals surface area contributed by atoms with Crippen LogP contribution in [0.5, 0.6) is 23.0 Å². The summed E-state index contributed by atoms with van der Waals surface area (Å²) in [7, 11) is 6.25. The fourth-order valence-electron chi connectivity index (χ4n) is 4.56. The summed E-state index contributed by atoms with van der Waals surface area (Å²) in [5.41, 5.74) is 1.26. The Balaban J connectivity index is 1.81. The number of carbonyl (C=O) groups is 2. The first-order valence-corrected chi connectivity index (χ1v) is 10.6. The van der Waals surface area contributed by atoms with Crippen LogP contribution in [0.2, 0.25) is 0 Å². The van der Waals surface area contributed by atoms with Crippen LogP contribution in [0.4, 0.5) is 0 Å². The van der Waals surface area contributed by atoms with Gasteiger partial charge in [-0.1, -0.05) is 36.4 Å². The van der Waals surface area contributed by atoms with Crippen molar-refractivity contribution in [2.45, 2.75) is 12.8 Å². The Labute approximate surface area is 193 Å². The Bertz CT molecular complexity index is 1120. The molecule has 3 aromatic carbocycles. The first kappa shape index (κ1) is 22.4. The van der Waals surface area contributed by atoms with E-state index in [1.807, 2.05) is 24.3 Å². The first-order valence-electron chi connectivity index (χ1n) is 10.6. The normalized spacial score (nSPS) is 14.1. The average Bonchev–Trinajstić information content (AvgIpc) is 3.05. The van der Waals surface area contributed by atoms with Crippen molar-refractivity contribution in [2.24, 2.45) is 5.41 Å². The molecule has 4 rings (SSSR count). The molecule has 0 fully saturated rings. The number of hydrogen-bond donors (Lipinski definition) is 0. The van der Waals surface area contributed by atoms with Crippen LogP contribution in [0.3, 0.4) is 0 Å². The lowest BCUT2D eigenvalue weighted by atomic mass is 9.72. The minimum absolute atomic E-state index is 0.173. The minimum Gasteiger partial charge on any atom is -0.493 e. The molecule has 0 bridgehead atoms. The Morgan fingerprint density at radius 3 is 1.33 bits per heavy atom. The van der Waals surface area contributed by atoms with Crippen molar-refractivity contribution >= 4 is 11.6 Å². The maximum absolute atomic E-state index is 13.8. The SMILES string of the molecule is COc1ccc(CC2(Cc3ccc(OC)c(OC)c3)C(=O)c3ccccc3C2=O)cc1OC. The lowest BCUT2D eigenvalue weighted by Gasteiger charge is -2.27. The van der Waals surface area contributed by atoms with E-state index in [-0.39, 0.29) is 24.4 Å². The first-order chi connectivity index (χ1) is 16.0. The molecule has 6 heteroatoms. The Morgan fingerprint density at radius 1 is 0.576 bits per heavy atom. The van der Waals surface area contributed by atoms with Crippen LogP contribution < -0.4 is 18.9 Å². The summed E-state index contributed by atoms with van der Waals surface area (Å²) in [4.78, 5) is 27.5. The van der Waals surface area contributed by atoms with Crippen LogP contribution >= 0.6 is 0 Å². The van der Waals surface area contributed by atoms with Gasteiger partial charge in [-0.25, -0.2) is 0 Å². The molecule has 0 saturated carbocycles. The van der Waals surface area contributed by atoms with Crippen LogP contribution in [0, 0.1) is 5.41 Å². The van der Waals surface area contributed by atoms with Crippen molar-refractivity contribution in [1.29, 1.82) is 0 Å². The van der Waals surface area contributed by atoms with E-state index >= 15 is 0 Å². The number of carbonyl (C=O) groups excluding carboxylic acids is 2. The quantitative estimate of drug-likeness (QED) is 0.472. The predicted molar refractivity (Wildman–Crippen MR) is 124 cm³/mol. The second-order valence-electron chi connectivity index (χ2n) is 8.02. The van der Waals surface area contributed by atoms with Crippen LogP contribution in [0.15, 0.2) is 60.7 Å². The maximum atomic E-state index is 13.8. The van der Waals surface area contributed by atoms with Gasteiger partial charge in [0.05, 0.1) is 28.4 Å². The second-order valence-corrected chi connectivity index (χ2v) is 8.02. The molecule has 0 atom stereocenters. The van der Waals surface area contributed by atoms with Crippen LogP contribution in [0.1, 0.15) is 31.8 Å². The molecular weight excluding hydrogens is 420 g/mol. The van der Waals surface area contributed by atoms with Crippen molar-refractivity contribution in [3.63, 3.8) is 0 Å². The van der Waals surface area contributed by atoms with Gasteiger partial charge in [-0.05, 0) is 48.2 Å². The van der Waals surface area contributed by atoms with Gasteiger partial charge in [-0.3, -0.25) is 9.59 Å². The number of rotatable bonds is 8. The molecule has 0 aromatic heterocycles. The van der Waals surface area contributed by atoms with Gasteiger partial charge >= 0.3 is 0 Å². The third-order valence-corrected chi connectivity index (χ3v) is 6.19. The van der Waals surface area contributed by atoms with E-state index in [9.17, 15) is 9.59 Å². The lowest BCUT2D eigenvalue weighted by molar-refractivity contribution is 0.0694. The standard InChI is InChI=1S/C27H26O6/c1-30-21-11-9-17(13-23(21)32-3)15-27(16-18-10-12-22(31-2)24(14-18)33-4)25(28)19-7-5-6-8-20(19)26(27)29/h5-14H,15-16H2,1-4H3. The molecule has 33 heavy (non-hydrogen) atoms. The van der Waals surface area contributed by atoms with Gasteiger partial charge < -0.3 is 18.9 Å². The number of ketones is 2. The zero-order chi connectivity index (χ0) is 23.6. The van der Waals surface area contributed by atoms with E-state index in [0.29, 0.717) is 34.1 Å². The van der Waals surface area contributed by atoms with E-state index in [1.165, 1.54) is 0 Å².